The average molecular weight is 465 g/mol. The molecule has 2 aromatic carbocycles. The Kier molecular flexibility index (Phi) is 8.02. The lowest BCUT2D eigenvalue weighted by molar-refractivity contribution is -0.117. The van der Waals surface area contributed by atoms with Crippen molar-refractivity contribution in [2.75, 3.05) is 32.6 Å². The lowest BCUT2D eigenvalue weighted by atomic mass is 10.1. The second-order valence-electron chi connectivity index (χ2n) is 7.39. The fraction of sp³-hybridized carbons (Fsp3) is 0.280. The Bertz CT molecular complexity index is 1230. The summed E-state index contributed by atoms with van der Waals surface area (Å²) >= 11 is 0. The van der Waals surface area contributed by atoms with Crippen molar-refractivity contribution in [1.82, 2.24) is 14.7 Å². The third-order valence-electron chi connectivity index (χ3n) is 5.28. The zero-order chi connectivity index (χ0) is 24.7. The van der Waals surface area contributed by atoms with Crippen molar-refractivity contribution < 1.29 is 19.1 Å². The first-order valence-electron chi connectivity index (χ1n) is 10.9. The van der Waals surface area contributed by atoms with E-state index >= 15 is 0 Å². The second-order valence-corrected chi connectivity index (χ2v) is 7.39. The zero-order valence-corrected chi connectivity index (χ0v) is 19.7. The number of hydrogen-bond acceptors (Lipinski definition) is 6. The molecule has 178 valence electrons. The molecule has 0 saturated carbocycles. The van der Waals surface area contributed by atoms with Crippen LogP contribution >= 0.6 is 0 Å². The van der Waals surface area contributed by atoms with Gasteiger partial charge in [0, 0.05) is 36.0 Å². The normalized spacial score (nSPS) is 10.5. The number of carbonyl (C=O) groups is 2. The number of rotatable bonds is 9. The Morgan fingerprint density at radius 2 is 1.71 bits per heavy atom. The third kappa shape index (κ3) is 5.61. The molecule has 1 aromatic heterocycles. The molecule has 0 saturated heterocycles. The van der Waals surface area contributed by atoms with E-state index in [0.717, 1.165) is 4.68 Å². The van der Waals surface area contributed by atoms with Crippen molar-refractivity contribution in [3.05, 3.63) is 70.5 Å². The van der Waals surface area contributed by atoms with Crippen molar-refractivity contribution in [2.45, 2.75) is 20.4 Å². The molecular formula is C25H28N4O5. The van der Waals surface area contributed by atoms with E-state index in [1.165, 1.54) is 13.2 Å². The van der Waals surface area contributed by atoms with Gasteiger partial charge in [-0.15, -0.1) is 0 Å². The molecule has 9 nitrogen and oxygen atoms in total. The molecule has 0 aliphatic rings. The average Bonchev–Trinajstić information content (AvgIpc) is 2.85. The second kappa shape index (κ2) is 11.1. The predicted octanol–water partition coefficient (Wildman–Crippen LogP) is 3.05. The van der Waals surface area contributed by atoms with Crippen LogP contribution in [0.25, 0.3) is 11.3 Å². The molecule has 2 amide bonds. The van der Waals surface area contributed by atoms with Gasteiger partial charge < -0.3 is 19.7 Å². The first-order valence-corrected chi connectivity index (χ1v) is 10.9. The summed E-state index contributed by atoms with van der Waals surface area (Å²) in [6, 6.07) is 14.9. The van der Waals surface area contributed by atoms with Gasteiger partial charge in [-0.3, -0.25) is 14.4 Å². The summed E-state index contributed by atoms with van der Waals surface area (Å²) in [5.41, 5.74) is 1.73. The van der Waals surface area contributed by atoms with Crippen molar-refractivity contribution >= 4 is 17.5 Å². The van der Waals surface area contributed by atoms with Crippen LogP contribution in [0.4, 0.5) is 5.69 Å². The number of carbonyl (C=O) groups excluding carboxylic acids is 2. The fourth-order valence-corrected chi connectivity index (χ4v) is 3.47. The number of nitrogens with one attached hydrogen (secondary N) is 1. The highest BCUT2D eigenvalue weighted by molar-refractivity contribution is 5.97. The van der Waals surface area contributed by atoms with Crippen LogP contribution in [-0.4, -0.2) is 53.8 Å². The van der Waals surface area contributed by atoms with E-state index in [0.29, 0.717) is 47.1 Å². The Morgan fingerprint density at radius 3 is 2.38 bits per heavy atom. The highest BCUT2D eigenvalue weighted by Crippen LogP contribution is 2.31. The molecule has 34 heavy (non-hydrogen) atoms. The van der Waals surface area contributed by atoms with Gasteiger partial charge in [0.15, 0.2) is 11.5 Å². The van der Waals surface area contributed by atoms with E-state index < -0.39 is 11.5 Å². The summed E-state index contributed by atoms with van der Waals surface area (Å²) in [6.45, 7) is 4.73. The SMILES string of the molecule is CCN(CC)C(=O)c1cccc(NC(=O)Cn2nc(-c3ccc(OC)c(OC)c3)ccc2=O)c1. The minimum Gasteiger partial charge on any atom is -0.493 e. The van der Waals surface area contributed by atoms with Crippen LogP contribution in [-0.2, 0) is 11.3 Å². The number of amides is 2. The standard InChI is InChI=1S/C25H28N4O5/c1-5-28(6-2)25(32)18-8-7-9-19(14-18)26-23(30)16-29-24(31)13-11-20(27-29)17-10-12-21(33-3)22(15-17)34-4/h7-15H,5-6,16H2,1-4H3,(H,26,30). The number of anilines is 1. The van der Waals surface area contributed by atoms with Gasteiger partial charge in [-0.05, 0) is 56.3 Å². The Morgan fingerprint density at radius 1 is 0.971 bits per heavy atom. The van der Waals surface area contributed by atoms with Gasteiger partial charge in [-0.2, -0.15) is 5.10 Å². The molecule has 0 fully saturated rings. The monoisotopic (exact) mass is 464 g/mol. The number of hydrogen-bond donors (Lipinski definition) is 1. The molecule has 0 aliphatic carbocycles. The van der Waals surface area contributed by atoms with Gasteiger partial charge in [-0.25, -0.2) is 4.68 Å². The van der Waals surface area contributed by atoms with Crippen LogP contribution in [0.1, 0.15) is 24.2 Å². The highest BCUT2D eigenvalue weighted by atomic mass is 16.5. The van der Waals surface area contributed by atoms with Crippen LogP contribution in [0.2, 0.25) is 0 Å². The molecule has 1 heterocycles. The summed E-state index contributed by atoms with van der Waals surface area (Å²) in [6.07, 6.45) is 0. The largest absolute Gasteiger partial charge is 0.493 e. The van der Waals surface area contributed by atoms with E-state index in [4.69, 9.17) is 9.47 Å². The van der Waals surface area contributed by atoms with Gasteiger partial charge in [0.05, 0.1) is 19.9 Å². The summed E-state index contributed by atoms with van der Waals surface area (Å²) in [5.74, 6) is 0.546. The Hall–Kier alpha value is -4.14. The molecule has 0 atom stereocenters. The van der Waals surface area contributed by atoms with Gasteiger partial charge in [0.25, 0.3) is 11.5 Å². The first kappa shape index (κ1) is 24.5. The third-order valence-corrected chi connectivity index (χ3v) is 5.28. The number of nitrogens with zero attached hydrogens (tertiary/aromatic N) is 3. The summed E-state index contributed by atoms with van der Waals surface area (Å²) in [5, 5.41) is 7.07. The van der Waals surface area contributed by atoms with Gasteiger partial charge in [0.1, 0.15) is 6.54 Å². The van der Waals surface area contributed by atoms with Crippen LogP contribution in [0.3, 0.4) is 0 Å². The van der Waals surface area contributed by atoms with Crippen molar-refractivity contribution in [3.8, 4) is 22.8 Å². The quantitative estimate of drug-likeness (QED) is 0.522. The maximum atomic E-state index is 12.7. The zero-order valence-electron chi connectivity index (χ0n) is 19.7. The Labute approximate surface area is 197 Å². The lowest BCUT2D eigenvalue weighted by Gasteiger charge is -2.19. The molecule has 0 bridgehead atoms. The van der Waals surface area contributed by atoms with Crippen molar-refractivity contribution in [1.29, 1.82) is 0 Å². The van der Waals surface area contributed by atoms with Crippen LogP contribution in [0.5, 0.6) is 11.5 Å². The molecule has 1 N–H and O–H groups in total. The number of ether oxygens (including phenoxy) is 2. The van der Waals surface area contributed by atoms with E-state index in [1.54, 1.807) is 60.5 Å². The van der Waals surface area contributed by atoms with E-state index in [1.807, 2.05) is 13.8 Å². The van der Waals surface area contributed by atoms with Crippen LogP contribution in [0.15, 0.2) is 59.4 Å². The van der Waals surface area contributed by atoms with Gasteiger partial charge >= 0.3 is 0 Å². The number of aromatic nitrogens is 2. The smallest absolute Gasteiger partial charge is 0.267 e. The molecule has 9 heteroatoms. The van der Waals surface area contributed by atoms with Crippen molar-refractivity contribution in [2.24, 2.45) is 0 Å². The fourth-order valence-electron chi connectivity index (χ4n) is 3.47. The van der Waals surface area contributed by atoms with Gasteiger partial charge in [-0.1, -0.05) is 6.07 Å². The maximum absolute atomic E-state index is 12.7. The molecule has 0 radical (unpaired) electrons. The maximum Gasteiger partial charge on any atom is 0.267 e. The van der Waals surface area contributed by atoms with Gasteiger partial charge in [0.2, 0.25) is 5.91 Å². The minimum absolute atomic E-state index is 0.110. The number of benzene rings is 2. The Balaban J connectivity index is 1.78. The molecule has 0 spiro atoms. The first-order chi connectivity index (χ1) is 16.4. The van der Waals surface area contributed by atoms with E-state index in [-0.39, 0.29) is 12.5 Å². The number of methoxy groups -OCH3 is 2. The summed E-state index contributed by atoms with van der Waals surface area (Å²) < 4.78 is 11.7. The van der Waals surface area contributed by atoms with Crippen LogP contribution < -0.4 is 20.3 Å². The highest BCUT2D eigenvalue weighted by Gasteiger charge is 2.14. The predicted molar refractivity (Wildman–Crippen MR) is 129 cm³/mol. The van der Waals surface area contributed by atoms with E-state index in [2.05, 4.69) is 10.4 Å². The minimum atomic E-state index is -0.438. The topological polar surface area (TPSA) is 103 Å². The molecular weight excluding hydrogens is 436 g/mol. The molecule has 0 aliphatic heterocycles. The molecule has 3 rings (SSSR count). The molecule has 0 unspecified atom stereocenters. The summed E-state index contributed by atoms with van der Waals surface area (Å²) in [7, 11) is 3.08. The summed E-state index contributed by atoms with van der Waals surface area (Å²) in [4.78, 5) is 39.3. The lowest BCUT2D eigenvalue weighted by Crippen LogP contribution is -2.31. The molecule has 3 aromatic rings. The van der Waals surface area contributed by atoms with E-state index in [9.17, 15) is 14.4 Å². The van der Waals surface area contributed by atoms with Crippen molar-refractivity contribution in [3.63, 3.8) is 0 Å². The van der Waals surface area contributed by atoms with Crippen LogP contribution in [0, 0.1) is 0 Å².